The molecule has 0 amide bonds. The van der Waals surface area contributed by atoms with E-state index in [1.54, 1.807) is 29.3 Å². The van der Waals surface area contributed by atoms with Gasteiger partial charge in [-0.15, -0.1) is 11.3 Å². The summed E-state index contributed by atoms with van der Waals surface area (Å²) in [6.07, 6.45) is 1.77. The summed E-state index contributed by atoms with van der Waals surface area (Å²) in [5, 5.41) is 13.9. The molecule has 3 N–H and O–H groups in total. The lowest BCUT2D eigenvalue weighted by atomic mass is 10.0. The smallest absolute Gasteiger partial charge is 0.149 e. The molecule has 94 valence electrons. The fourth-order valence-electron chi connectivity index (χ4n) is 1.54. The Balaban J connectivity index is 2.11. The second-order valence-electron chi connectivity index (χ2n) is 3.60. The number of nitrogens with two attached hydrogens (primary N) is 1. The molecule has 6 heteroatoms. The van der Waals surface area contributed by atoms with Crippen LogP contribution in [0.15, 0.2) is 51.4 Å². The highest BCUT2D eigenvalue weighted by molar-refractivity contribution is 8.01. The van der Waals surface area contributed by atoms with Gasteiger partial charge in [0.2, 0.25) is 0 Å². The highest BCUT2D eigenvalue weighted by Crippen LogP contribution is 2.27. The van der Waals surface area contributed by atoms with Crippen LogP contribution in [-0.2, 0) is 0 Å². The first kappa shape index (κ1) is 12.9. The Morgan fingerprint density at radius 2 is 2.22 bits per heavy atom. The third-order valence-corrected chi connectivity index (χ3v) is 4.52. The van der Waals surface area contributed by atoms with Crippen molar-refractivity contribution in [2.24, 2.45) is 10.9 Å². The molecule has 0 saturated heterocycles. The Morgan fingerprint density at radius 3 is 2.83 bits per heavy atom. The number of nitrogens with zero attached hydrogens (tertiary/aromatic N) is 2. The molecule has 1 atom stereocenters. The molecular formula is C12H13N3OS2. The summed E-state index contributed by atoms with van der Waals surface area (Å²) in [7, 11) is 0. The summed E-state index contributed by atoms with van der Waals surface area (Å²) in [5.41, 5.74) is 6.80. The summed E-state index contributed by atoms with van der Waals surface area (Å²) in [5.74, 6) is 0.823. The molecule has 1 heterocycles. The number of amidine groups is 1. The van der Waals surface area contributed by atoms with E-state index in [-0.39, 0.29) is 11.8 Å². The maximum Gasteiger partial charge on any atom is 0.149 e. The van der Waals surface area contributed by atoms with Crippen molar-refractivity contribution in [3.63, 3.8) is 0 Å². The minimum Gasteiger partial charge on any atom is -0.409 e. The molecule has 0 aliphatic carbocycles. The van der Waals surface area contributed by atoms with Crippen LogP contribution in [0.5, 0.6) is 0 Å². The van der Waals surface area contributed by atoms with Gasteiger partial charge in [-0.3, -0.25) is 0 Å². The molecule has 0 aliphatic rings. The van der Waals surface area contributed by atoms with Crippen LogP contribution in [0.4, 0.5) is 0 Å². The van der Waals surface area contributed by atoms with Gasteiger partial charge >= 0.3 is 0 Å². The second kappa shape index (κ2) is 6.42. The fourth-order valence-corrected chi connectivity index (χ4v) is 3.35. The zero-order valence-corrected chi connectivity index (χ0v) is 11.2. The molecule has 0 spiro atoms. The summed E-state index contributed by atoms with van der Waals surface area (Å²) in [6, 6.07) is 9.79. The van der Waals surface area contributed by atoms with Crippen molar-refractivity contribution in [2.75, 3.05) is 5.75 Å². The van der Waals surface area contributed by atoms with Gasteiger partial charge in [0.25, 0.3) is 0 Å². The van der Waals surface area contributed by atoms with E-state index in [9.17, 15) is 0 Å². The lowest BCUT2D eigenvalue weighted by Gasteiger charge is -2.14. The Hall–Kier alpha value is -1.53. The Labute approximate surface area is 114 Å². The van der Waals surface area contributed by atoms with Crippen molar-refractivity contribution < 1.29 is 5.21 Å². The highest BCUT2D eigenvalue weighted by Gasteiger charge is 2.17. The van der Waals surface area contributed by atoms with Gasteiger partial charge in [0.1, 0.15) is 10.2 Å². The summed E-state index contributed by atoms with van der Waals surface area (Å²) >= 11 is 3.20. The van der Waals surface area contributed by atoms with Gasteiger partial charge in [0.05, 0.1) is 5.92 Å². The van der Waals surface area contributed by atoms with E-state index in [2.05, 4.69) is 10.1 Å². The first-order valence-electron chi connectivity index (χ1n) is 5.36. The molecule has 18 heavy (non-hydrogen) atoms. The number of hydrogen-bond acceptors (Lipinski definition) is 5. The Bertz CT molecular complexity index is 499. The SMILES string of the molecule is NC(=NO)C(CSc1nccs1)c1ccccc1. The summed E-state index contributed by atoms with van der Waals surface area (Å²) in [4.78, 5) is 4.21. The molecular weight excluding hydrogens is 266 g/mol. The van der Waals surface area contributed by atoms with Crippen LogP contribution >= 0.6 is 23.1 Å². The Morgan fingerprint density at radius 1 is 1.44 bits per heavy atom. The number of thioether (sulfide) groups is 1. The van der Waals surface area contributed by atoms with Crippen molar-refractivity contribution in [3.8, 4) is 0 Å². The van der Waals surface area contributed by atoms with Gasteiger partial charge in [-0.05, 0) is 5.56 Å². The van der Waals surface area contributed by atoms with Crippen molar-refractivity contribution in [1.29, 1.82) is 0 Å². The predicted octanol–water partition coefficient (Wildman–Crippen LogP) is 2.77. The van der Waals surface area contributed by atoms with Gasteiger partial charge in [-0.25, -0.2) is 4.98 Å². The molecule has 4 nitrogen and oxygen atoms in total. The largest absolute Gasteiger partial charge is 0.409 e. The third kappa shape index (κ3) is 3.24. The highest BCUT2D eigenvalue weighted by atomic mass is 32.2. The van der Waals surface area contributed by atoms with Crippen LogP contribution in [0, 0.1) is 0 Å². The maximum absolute atomic E-state index is 8.86. The van der Waals surface area contributed by atoms with Crippen molar-refractivity contribution >= 4 is 28.9 Å². The fraction of sp³-hybridized carbons (Fsp3) is 0.167. The van der Waals surface area contributed by atoms with E-state index in [4.69, 9.17) is 10.9 Å². The molecule has 2 aromatic rings. The molecule has 1 aromatic carbocycles. The first-order chi connectivity index (χ1) is 8.81. The van der Waals surface area contributed by atoms with E-state index in [0.717, 1.165) is 9.90 Å². The van der Waals surface area contributed by atoms with E-state index >= 15 is 0 Å². The zero-order valence-electron chi connectivity index (χ0n) is 9.56. The molecule has 1 aromatic heterocycles. The van der Waals surface area contributed by atoms with E-state index in [1.165, 1.54) is 0 Å². The third-order valence-electron chi connectivity index (χ3n) is 2.46. The van der Waals surface area contributed by atoms with Gasteiger partial charge in [0, 0.05) is 17.3 Å². The van der Waals surface area contributed by atoms with E-state index in [1.807, 2.05) is 35.7 Å². The van der Waals surface area contributed by atoms with Crippen molar-refractivity contribution in [2.45, 2.75) is 10.3 Å². The van der Waals surface area contributed by atoms with Gasteiger partial charge in [0.15, 0.2) is 0 Å². The van der Waals surface area contributed by atoms with Crippen molar-refractivity contribution in [1.82, 2.24) is 4.98 Å². The first-order valence-corrected chi connectivity index (χ1v) is 7.22. The molecule has 0 radical (unpaired) electrons. The van der Waals surface area contributed by atoms with Crippen LogP contribution in [0.3, 0.4) is 0 Å². The molecule has 0 bridgehead atoms. The zero-order chi connectivity index (χ0) is 12.8. The number of thiazole rings is 1. The maximum atomic E-state index is 8.86. The van der Waals surface area contributed by atoms with Crippen LogP contribution in [-0.4, -0.2) is 21.8 Å². The van der Waals surface area contributed by atoms with Crippen LogP contribution in [0.2, 0.25) is 0 Å². The van der Waals surface area contributed by atoms with Gasteiger partial charge in [-0.2, -0.15) is 0 Å². The molecule has 0 fully saturated rings. The van der Waals surface area contributed by atoms with E-state index in [0.29, 0.717) is 5.75 Å². The van der Waals surface area contributed by atoms with Crippen LogP contribution in [0.1, 0.15) is 11.5 Å². The lowest BCUT2D eigenvalue weighted by molar-refractivity contribution is 0.316. The number of hydrogen-bond donors (Lipinski definition) is 2. The normalized spacial score (nSPS) is 13.4. The summed E-state index contributed by atoms with van der Waals surface area (Å²) in [6.45, 7) is 0. The van der Waals surface area contributed by atoms with Gasteiger partial charge in [-0.1, -0.05) is 47.2 Å². The summed E-state index contributed by atoms with van der Waals surface area (Å²) < 4.78 is 0.988. The Kier molecular flexibility index (Phi) is 4.60. The minimum absolute atomic E-state index is 0.106. The van der Waals surface area contributed by atoms with Crippen LogP contribution in [0.25, 0.3) is 0 Å². The second-order valence-corrected chi connectivity index (χ2v) is 5.76. The monoisotopic (exact) mass is 279 g/mol. The lowest BCUT2D eigenvalue weighted by Crippen LogP contribution is -2.23. The van der Waals surface area contributed by atoms with E-state index < -0.39 is 0 Å². The molecule has 0 aliphatic heterocycles. The average molecular weight is 279 g/mol. The standard InChI is InChI=1S/C12H13N3OS2/c13-11(15-16)10(9-4-2-1-3-5-9)8-18-12-14-6-7-17-12/h1-7,10,16H,8H2,(H2,13,15). The number of benzene rings is 1. The predicted molar refractivity (Wildman–Crippen MR) is 75.4 cm³/mol. The average Bonchev–Trinajstić information content (AvgIpc) is 2.93. The van der Waals surface area contributed by atoms with Crippen LogP contribution < -0.4 is 5.73 Å². The quantitative estimate of drug-likeness (QED) is 0.290. The number of oxime groups is 1. The van der Waals surface area contributed by atoms with Crippen molar-refractivity contribution in [3.05, 3.63) is 47.5 Å². The molecule has 0 saturated carbocycles. The number of aromatic nitrogens is 1. The number of rotatable bonds is 5. The minimum atomic E-state index is -0.106. The van der Waals surface area contributed by atoms with Gasteiger partial charge < -0.3 is 10.9 Å². The molecule has 2 rings (SSSR count). The topological polar surface area (TPSA) is 71.5 Å². The molecule has 1 unspecified atom stereocenters.